The summed E-state index contributed by atoms with van der Waals surface area (Å²) < 4.78 is 1.95. The molecule has 0 aliphatic rings. The van der Waals surface area contributed by atoms with Crippen LogP contribution in [-0.2, 0) is 7.05 Å². The highest BCUT2D eigenvalue weighted by Crippen LogP contribution is 2.19. The summed E-state index contributed by atoms with van der Waals surface area (Å²) in [6, 6.07) is 7.84. The van der Waals surface area contributed by atoms with Crippen molar-refractivity contribution in [1.82, 2.24) is 9.88 Å². The molecule has 84 valence electrons. The van der Waals surface area contributed by atoms with Gasteiger partial charge in [-0.15, -0.1) is 0 Å². The molecule has 0 atom stereocenters. The summed E-state index contributed by atoms with van der Waals surface area (Å²) in [4.78, 5) is 11.9. The third-order valence-electron chi connectivity index (χ3n) is 2.57. The van der Waals surface area contributed by atoms with Crippen LogP contribution >= 0.6 is 0 Å². The highest BCUT2D eigenvalue weighted by molar-refractivity contribution is 6.06. The second-order valence-corrected chi connectivity index (χ2v) is 3.72. The van der Waals surface area contributed by atoms with Crippen LogP contribution in [0.5, 0.6) is 0 Å². The lowest BCUT2D eigenvalue weighted by atomic mass is 10.1. The summed E-state index contributed by atoms with van der Waals surface area (Å²) in [5, 5.41) is 3.75. The highest BCUT2D eigenvalue weighted by atomic mass is 16.1. The summed E-state index contributed by atoms with van der Waals surface area (Å²) in [7, 11) is 1.93. The zero-order valence-electron chi connectivity index (χ0n) is 9.23. The van der Waals surface area contributed by atoms with Gasteiger partial charge in [0, 0.05) is 37.2 Å². The van der Waals surface area contributed by atoms with Gasteiger partial charge < -0.3 is 15.6 Å². The molecule has 0 radical (unpaired) electrons. The van der Waals surface area contributed by atoms with E-state index in [9.17, 15) is 4.79 Å². The van der Waals surface area contributed by atoms with Crippen molar-refractivity contribution in [2.24, 2.45) is 12.8 Å². The predicted molar refractivity (Wildman–Crippen MR) is 64.3 cm³/mol. The second-order valence-electron chi connectivity index (χ2n) is 3.72. The van der Waals surface area contributed by atoms with E-state index in [0.717, 1.165) is 10.9 Å². The summed E-state index contributed by atoms with van der Waals surface area (Å²) in [5.74, 6) is -0.0674. The largest absolute Gasteiger partial charge is 0.351 e. The maximum atomic E-state index is 11.9. The average Bonchev–Trinajstić information content (AvgIpc) is 2.65. The molecule has 1 amide bonds. The molecule has 16 heavy (non-hydrogen) atoms. The number of carbonyl (C=O) groups is 1. The van der Waals surface area contributed by atoms with Crippen LogP contribution in [0.4, 0.5) is 0 Å². The molecule has 0 fully saturated rings. The zero-order valence-corrected chi connectivity index (χ0v) is 9.23. The van der Waals surface area contributed by atoms with E-state index in [-0.39, 0.29) is 5.91 Å². The van der Waals surface area contributed by atoms with E-state index in [1.165, 1.54) is 0 Å². The lowest BCUT2D eigenvalue weighted by Gasteiger charge is -2.01. The van der Waals surface area contributed by atoms with E-state index in [1.807, 2.05) is 42.1 Å². The maximum Gasteiger partial charge on any atom is 0.253 e. The van der Waals surface area contributed by atoms with Gasteiger partial charge in [-0.25, -0.2) is 0 Å². The Morgan fingerprint density at radius 3 is 2.94 bits per heavy atom. The molecule has 0 saturated carbocycles. The van der Waals surface area contributed by atoms with E-state index in [0.29, 0.717) is 18.7 Å². The number of para-hydroxylation sites is 1. The van der Waals surface area contributed by atoms with Crippen LogP contribution < -0.4 is 11.1 Å². The first kappa shape index (κ1) is 10.7. The van der Waals surface area contributed by atoms with Crippen LogP contribution in [0.15, 0.2) is 30.5 Å². The number of hydrogen-bond acceptors (Lipinski definition) is 2. The molecular weight excluding hydrogens is 202 g/mol. The van der Waals surface area contributed by atoms with Crippen LogP contribution in [0.2, 0.25) is 0 Å². The van der Waals surface area contributed by atoms with Gasteiger partial charge in [-0.3, -0.25) is 4.79 Å². The Kier molecular flexibility index (Phi) is 2.92. The number of carbonyl (C=O) groups excluding carboxylic acids is 1. The Bertz CT molecular complexity index is 516. The predicted octanol–water partition coefficient (Wildman–Crippen LogP) is 0.867. The number of benzene rings is 1. The monoisotopic (exact) mass is 217 g/mol. The smallest absolute Gasteiger partial charge is 0.253 e. The summed E-state index contributed by atoms with van der Waals surface area (Å²) >= 11 is 0. The first-order chi connectivity index (χ1) is 7.74. The van der Waals surface area contributed by atoms with Gasteiger partial charge in [0.2, 0.25) is 0 Å². The SMILES string of the molecule is Cn1cc(C(=O)NCCN)c2ccccc21. The standard InChI is InChI=1S/C12H15N3O/c1-15-8-10(12(16)14-7-6-13)9-4-2-3-5-11(9)15/h2-5,8H,6-7,13H2,1H3,(H,14,16). The second kappa shape index (κ2) is 4.37. The van der Waals surface area contributed by atoms with Gasteiger partial charge in [0.05, 0.1) is 5.56 Å². The number of nitrogens with one attached hydrogen (secondary N) is 1. The van der Waals surface area contributed by atoms with E-state index in [2.05, 4.69) is 5.32 Å². The molecule has 0 saturated heterocycles. The van der Waals surface area contributed by atoms with Crippen LogP contribution in [0.3, 0.4) is 0 Å². The van der Waals surface area contributed by atoms with E-state index >= 15 is 0 Å². The number of aromatic nitrogens is 1. The zero-order chi connectivity index (χ0) is 11.5. The van der Waals surface area contributed by atoms with Crippen molar-refractivity contribution in [1.29, 1.82) is 0 Å². The van der Waals surface area contributed by atoms with Gasteiger partial charge in [0.25, 0.3) is 5.91 Å². The van der Waals surface area contributed by atoms with Crippen molar-refractivity contribution in [2.75, 3.05) is 13.1 Å². The van der Waals surface area contributed by atoms with Gasteiger partial charge >= 0.3 is 0 Å². The molecule has 0 aliphatic heterocycles. The van der Waals surface area contributed by atoms with Gasteiger partial charge in [-0.1, -0.05) is 18.2 Å². The lowest BCUT2D eigenvalue weighted by molar-refractivity contribution is 0.0956. The number of rotatable bonds is 3. The number of nitrogens with zero attached hydrogens (tertiary/aromatic N) is 1. The average molecular weight is 217 g/mol. The Labute approximate surface area is 94.0 Å². The Morgan fingerprint density at radius 1 is 1.44 bits per heavy atom. The molecule has 1 heterocycles. The summed E-state index contributed by atoms with van der Waals surface area (Å²) in [6.45, 7) is 0.957. The molecule has 4 heteroatoms. The fraction of sp³-hybridized carbons (Fsp3) is 0.250. The lowest BCUT2D eigenvalue weighted by Crippen LogP contribution is -2.28. The number of amides is 1. The minimum Gasteiger partial charge on any atom is -0.351 e. The van der Waals surface area contributed by atoms with Crippen molar-refractivity contribution < 1.29 is 4.79 Å². The number of fused-ring (bicyclic) bond motifs is 1. The van der Waals surface area contributed by atoms with Crippen LogP contribution in [-0.4, -0.2) is 23.6 Å². The Hall–Kier alpha value is -1.81. The van der Waals surface area contributed by atoms with Gasteiger partial charge in [0.15, 0.2) is 0 Å². The minimum atomic E-state index is -0.0674. The maximum absolute atomic E-state index is 11.9. The van der Waals surface area contributed by atoms with Crippen molar-refractivity contribution in [2.45, 2.75) is 0 Å². The molecule has 0 spiro atoms. The molecule has 0 bridgehead atoms. The number of nitrogens with two attached hydrogens (primary N) is 1. The van der Waals surface area contributed by atoms with E-state index in [4.69, 9.17) is 5.73 Å². The number of hydrogen-bond donors (Lipinski definition) is 2. The Balaban J connectivity index is 2.41. The topological polar surface area (TPSA) is 60.0 Å². The third kappa shape index (κ3) is 1.79. The fourth-order valence-corrected chi connectivity index (χ4v) is 1.80. The highest BCUT2D eigenvalue weighted by Gasteiger charge is 2.12. The molecule has 0 unspecified atom stereocenters. The molecule has 2 rings (SSSR count). The van der Waals surface area contributed by atoms with Crippen LogP contribution in [0, 0.1) is 0 Å². The fourth-order valence-electron chi connectivity index (χ4n) is 1.80. The van der Waals surface area contributed by atoms with E-state index < -0.39 is 0 Å². The van der Waals surface area contributed by atoms with Crippen molar-refractivity contribution in [3.05, 3.63) is 36.0 Å². The molecule has 4 nitrogen and oxygen atoms in total. The first-order valence-corrected chi connectivity index (χ1v) is 5.26. The Morgan fingerprint density at radius 2 is 2.19 bits per heavy atom. The minimum absolute atomic E-state index is 0.0674. The molecule has 0 aliphatic carbocycles. The normalized spacial score (nSPS) is 10.6. The molecule has 1 aromatic carbocycles. The van der Waals surface area contributed by atoms with Crippen LogP contribution in [0.1, 0.15) is 10.4 Å². The summed E-state index contributed by atoms with van der Waals surface area (Å²) in [6.07, 6.45) is 1.84. The van der Waals surface area contributed by atoms with Crippen molar-refractivity contribution >= 4 is 16.8 Å². The van der Waals surface area contributed by atoms with Crippen LogP contribution in [0.25, 0.3) is 10.9 Å². The first-order valence-electron chi connectivity index (χ1n) is 5.26. The molecule has 2 aromatic rings. The van der Waals surface area contributed by atoms with Gasteiger partial charge in [-0.2, -0.15) is 0 Å². The summed E-state index contributed by atoms with van der Waals surface area (Å²) in [5.41, 5.74) is 7.11. The molecular formula is C12H15N3O. The quantitative estimate of drug-likeness (QED) is 0.801. The molecule has 3 N–H and O–H groups in total. The van der Waals surface area contributed by atoms with Gasteiger partial charge in [-0.05, 0) is 6.07 Å². The van der Waals surface area contributed by atoms with Crippen molar-refractivity contribution in [3.8, 4) is 0 Å². The van der Waals surface area contributed by atoms with Gasteiger partial charge in [0.1, 0.15) is 0 Å². The third-order valence-corrected chi connectivity index (χ3v) is 2.57. The number of aryl methyl sites for hydroxylation is 1. The molecule has 1 aromatic heterocycles. The van der Waals surface area contributed by atoms with Crippen molar-refractivity contribution in [3.63, 3.8) is 0 Å². The van der Waals surface area contributed by atoms with E-state index in [1.54, 1.807) is 0 Å².